The monoisotopic (exact) mass is 333 g/mol. The maximum Gasteiger partial charge on any atom is 0.161 e. The Morgan fingerprint density at radius 2 is 1.92 bits per heavy atom. The lowest BCUT2D eigenvalue weighted by Crippen LogP contribution is -2.08. The van der Waals surface area contributed by atoms with Crippen LogP contribution in [-0.2, 0) is 19.6 Å². The first-order chi connectivity index (χ1) is 12.3. The molecular weight excluding hydrogens is 314 g/mol. The summed E-state index contributed by atoms with van der Waals surface area (Å²) < 4.78 is 5.43. The van der Waals surface area contributed by atoms with E-state index >= 15 is 0 Å². The summed E-state index contributed by atoms with van der Waals surface area (Å²) in [5.74, 6) is 2.45. The van der Waals surface area contributed by atoms with E-state index in [-0.39, 0.29) is 0 Å². The maximum atomic E-state index is 5.43. The molecule has 3 heterocycles. The van der Waals surface area contributed by atoms with Crippen molar-refractivity contribution in [3.05, 3.63) is 65.6 Å². The van der Waals surface area contributed by atoms with Crippen molar-refractivity contribution >= 4 is 5.82 Å². The van der Waals surface area contributed by atoms with E-state index in [9.17, 15) is 0 Å². The van der Waals surface area contributed by atoms with Gasteiger partial charge < -0.3 is 15.4 Å². The van der Waals surface area contributed by atoms with Crippen molar-refractivity contribution in [3.8, 4) is 17.1 Å². The van der Waals surface area contributed by atoms with Crippen molar-refractivity contribution < 1.29 is 4.74 Å². The molecule has 0 fully saturated rings. The molecule has 1 aliphatic rings. The molecule has 0 spiro atoms. The first kappa shape index (κ1) is 15.5. The number of rotatable bonds is 5. The fourth-order valence-electron chi connectivity index (χ4n) is 2.97. The fraction of sp³-hybridized carbons (Fsp3) is 0.211. The Kier molecular flexibility index (Phi) is 4.26. The van der Waals surface area contributed by atoms with E-state index < -0.39 is 0 Å². The van der Waals surface area contributed by atoms with E-state index in [0.29, 0.717) is 12.4 Å². The second kappa shape index (κ2) is 6.86. The van der Waals surface area contributed by atoms with Crippen molar-refractivity contribution in [2.75, 3.05) is 12.4 Å². The van der Waals surface area contributed by atoms with Gasteiger partial charge in [0.2, 0.25) is 0 Å². The minimum Gasteiger partial charge on any atom is -0.496 e. The summed E-state index contributed by atoms with van der Waals surface area (Å²) in [6.07, 6.45) is 3.51. The molecule has 6 nitrogen and oxygen atoms in total. The van der Waals surface area contributed by atoms with Gasteiger partial charge in [0.1, 0.15) is 11.6 Å². The number of benzene rings is 1. The number of aromatic nitrogens is 3. The Hall–Kier alpha value is -2.99. The van der Waals surface area contributed by atoms with Gasteiger partial charge in [-0.3, -0.25) is 4.98 Å². The molecule has 1 aliphatic heterocycles. The second-order valence-corrected chi connectivity index (χ2v) is 5.83. The van der Waals surface area contributed by atoms with Crippen LogP contribution in [0.15, 0.2) is 48.8 Å². The summed E-state index contributed by atoms with van der Waals surface area (Å²) in [5.41, 5.74) is 4.23. The number of anilines is 1. The van der Waals surface area contributed by atoms with Crippen molar-refractivity contribution in [1.29, 1.82) is 0 Å². The lowest BCUT2D eigenvalue weighted by Gasteiger charge is -2.13. The maximum absolute atomic E-state index is 5.43. The largest absolute Gasteiger partial charge is 0.496 e. The Morgan fingerprint density at radius 1 is 1.08 bits per heavy atom. The summed E-state index contributed by atoms with van der Waals surface area (Å²) in [6, 6.07) is 11.8. The van der Waals surface area contributed by atoms with Crippen LogP contribution < -0.4 is 15.4 Å². The van der Waals surface area contributed by atoms with Crippen LogP contribution in [0.2, 0.25) is 0 Å². The predicted octanol–water partition coefficient (Wildman–Crippen LogP) is 2.76. The summed E-state index contributed by atoms with van der Waals surface area (Å²) in [4.78, 5) is 13.5. The highest BCUT2D eigenvalue weighted by Crippen LogP contribution is 2.26. The third kappa shape index (κ3) is 3.16. The molecule has 0 saturated carbocycles. The average molecular weight is 333 g/mol. The van der Waals surface area contributed by atoms with E-state index in [1.807, 2.05) is 30.3 Å². The number of fused-ring (bicyclic) bond motifs is 1. The molecular formula is C19H19N5O. The molecule has 4 rings (SSSR count). The molecule has 0 bridgehead atoms. The van der Waals surface area contributed by atoms with Crippen LogP contribution in [0.1, 0.15) is 16.8 Å². The van der Waals surface area contributed by atoms with E-state index in [4.69, 9.17) is 14.7 Å². The van der Waals surface area contributed by atoms with E-state index in [0.717, 1.165) is 47.0 Å². The van der Waals surface area contributed by atoms with Gasteiger partial charge in [-0.1, -0.05) is 18.2 Å². The molecule has 0 aliphatic carbocycles. The third-order valence-electron chi connectivity index (χ3n) is 4.26. The Balaban J connectivity index is 1.66. The quantitative estimate of drug-likeness (QED) is 0.748. The van der Waals surface area contributed by atoms with Gasteiger partial charge in [-0.05, 0) is 18.2 Å². The highest BCUT2D eigenvalue weighted by Gasteiger charge is 2.19. The Labute approximate surface area is 146 Å². The highest BCUT2D eigenvalue weighted by molar-refractivity contribution is 5.60. The molecule has 0 saturated heterocycles. The van der Waals surface area contributed by atoms with Crippen molar-refractivity contribution in [2.45, 2.75) is 19.6 Å². The molecule has 25 heavy (non-hydrogen) atoms. The number of nitrogens with one attached hydrogen (secondary N) is 2. The first-order valence-electron chi connectivity index (χ1n) is 8.22. The minimum absolute atomic E-state index is 0.642. The van der Waals surface area contributed by atoms with Gasteiger partial charge in [0.15, 0.2) is 5.82 Å². The van der Waals surface area contributed by atoms with Gasteiger partial charge in [0.25, 0.3) is 0 Å². The van der Waals surface area contributed by atoms with Gasteiger partial charge in [-0.2, -0.15) is 0 Å². The van der Waals surface area contributed by atoms with Gasteiger partial charge in [0.05, 0.1) is 12.8 Å². The molecule has 2 aromatic heterocycles. The Morgan fingerprint density at radius 3 is 2.76 bits per heavy atom. The molecule has 3 aromatic rings. The fourth-order valence-corrected chi connectivity index (χ4v) is 2.97. The van der Waals surface area contributed by atoms with Gasteiger partial charge >= 0.3 is 0 Å². The summed E-state index contributed by atoms with van der Waals surface area (Å²) in [5, 5.41) is 6.81. The molecule has 126 valence electrons. The van der Waals surface area contributed by atoms with E-state index in [1.54, 1.807) is 19.5 Å². The number of pyridine rings is 1. The number of hydrogen-bond donors (Lipinski definition) is 2. The number of nitrogens with zero attached hydrogens (tertiary/aromatic N) is 3. The van der Waals surface area contributed by atoms with E-state index in [1.165, 1.54) is 0 Å². The normalized spacial score (nSPS) is 12.7. The summed E-state index contributed by atoms with van der Waals surface area (Å²) >= 11 is 0. The van der Waals surface area contributed by atoms with Crippen LogP contribution in [0.3, 0.4) is 0 Å². The molecule has 0 amide bonds. The molecule has 2 N–H and O–H groups in total. The number of para-hydroxylation sites is 1. The Bertz CT molecular complexity index is 882. The number of hydrogen-bond acceptors (Lipinski definition) is 6. The predicted molar refractivity (Wildman–Crippen MR) is 96.1 cm³/mol. The number of ether oxygens (including phenoxy) is 1. The van der Waals surface area contributed by atoms with Crippen LogP contribution >= 0.6 is 0 Å². The van der Waals surface area contributed by atoms with Gasteiger partial charge in [-0.15, -0.1) is 0 Å². The highest BCUT2D eigenvalue weighted by atomic mass is 16.5. The average Bonchev–Trinajstić information content (AvgIpc) is 3.15. The van der Waals surface area contributed by atoms with Crippen LogP contribution in [0.5, 0.6) is 5.75 Å². The minimum atomic E-state index is 0.642. The van der Waals surface area contributed by atoms with E-state index in [2.05, 4.69) is 21.7 Å². The van der Waals surface area contributed by atoms with Crippen LogP contribution in [-0.4, -0.2) is 22.1 Å². The molecule has 0 unspecified atom stereocenters. The SMILES string of the molecule is COc1ccccc1CNc1nc(-c2ccncc2)nc2c1CNC2. The van der Waals surface area contributed by atoms with Crippen LogP contribution in [0, 0.1) is 0 Å². The standard InChI is InChI=1S/C19H19N5O/c1-25-17-5-3-2-4-14(17)10-22-19-15-11-21-12-16(15)23-18(24-19)13-6-8-20-9-7-13/h2-9,21H,10-12H2,1H3,(H,22,23,24). The third-order valence-corrected chi connectivity index (χ3v) is 4.26. The number of methoxy groups -OCH3 is 1. The zero-order chi connectivity index (χ0) is 17.1. The van der Waals surface area contributed by atoms with Crippen molar-refractivity contribution in [2.24, 2.45) is 0 Å². The topological polar surface area (TPSA) is 72.0 Å². The van der Waals surface area contributed by atoms with Gasteiger partial charge in [0, 0.05) is 48.7 Å². The lowest BCUT2D eigenvalue weighted by molar-refractivity contribution is 0.410. The zero-order valence-corrected chi connectivity index (χ0v) is 14.0. The van der Waals surface area contributed by atoms with Crippen molar-refractivity contribution in [1.82, 2.24) is 20.3 Å². The van der Waals surface area contributed by atoms with Crippen molar-refractivity contribution in [3.63, 3.8) is 0 Å². The zero-order valence-electron chi connectivity index (χ0n) is 14.0. The van der Waals surface area contributed by atoms with Gasteiger partial charge in [-0.25, -0.2) is 9.97 Å². The summed E-state index contributed by atoms with van der Waals surface area (Å²) in [6.45, 7) is 2.18. The van der Waals surface area contributed by atoms with Crippen LogP contribution in [0.25, 0.3) is 11.4 Å². The second-order valence-electron chi connectivity index (χ2n) is 5.83. The first-order valence-corrected chi connectivity index (χ1v) is 8.22. The van der Waals surface area contributed by atoms with Crippen LogP contribution in [0.4, 0.5) is 5.82 Å². The molecule has 0 atom stereocenters. The smallest absolute Gasteiger partial charge is 0.161 e. The molecule has 1 aromatic carbocycles. The summed E-state index contributed by atoms with van der Waals surface area (Å²) in [7, 11) is 1.69. The molecule has 6 heteroatoms. The molecule has 0 radical (unpaired) electrons. The lowest BCUT2D eigenvalue weighted by atomic mass is 10.2.